The van der Waals surface area contributed by atoms with Gasteiger partial charge in [-0.2, -0.15) is 5.01 Å². The van der Waals surface area contributed by atoms with E-state index in [0.717, 1.165) is 42.8 Å². The third kappa shape index (κ3) is 4.68. The number of thiophene rings is 1. The lowest BCUT2D eigenvalue weighted by Crippen LogP contribution is -2.60. The van der Waals surface area contributed by atoms with Crippen LogP contribution >= 0.6 is 22.9 Å². The van der Waals surface area contributed by atoms with Crippen molar-refractivity contribution in [2.24, 2.45) is 0 Å². The molecule has 11 heteroatoms. The SMILES string of the molecule is Nc1c(C(=O)Nc2c[n+](N3CCCCC3)no2)sc2nc(-c3ccc(Cl)cc3)cc(-c3cccc(F)c3)c12. The van der Waals surface area contributed by atoms with Gasteiger partial charge in [0.15, 0.2) is 0 Å². The second-order valence-electron chi connectivity index (χ2n) is 9.05. The first-order chi connectivity index (χ1) is 18.5. The first kappa shape index (κ1) is 24.3. The van der Waals surface area contributed by atoms with Crippen LogP contribution in [0.25, 0.3) is 32.6 Å². The van der Waals surface area contributed by atoms with Crippen LogP contribution < -0.4 is 20.9 Å². The Bertz CT molecular complexity index is 1650. The first-order valence-electron chi connectivity index (χ1n) is 12.2. The van der Waals surface area contributed by atoms with Gasteiger partial charge in [0.25, 0.3) is 12.1 Å². The lowest BCUT2D eigenvalue weighted by Gasteiger charge is -2.17. The van der Waals surface area contributed by atoms with Crippen LogP contribution in [-0.4, -0.2) is 29.3 Å². The molecule has 3 aromatic heterocycles. The number of hydrogen-bond acceptors (Lipinski definition) is 7. The highest BCUT2D eigenvalue weighted by Gasteiger charge is 2.26. The molecule has 2 aromatic carbocycles. The van der Waals surface area contributed by atoms with Gasteiger partial charge in [0.05, 0.1) is 29.3 Å². The van der Waals surface area contributed by atoms with Gasteiger partial charge in [-0.3, -0.25) is 14.6 Å². The van der Waals surface area contributed by atoms with Crippen molar-refractivity contribution in [1.82, 2.24) is 10.3 Å². The molecule has 0 saturated carbocycles. The van der Waals surface area contributed by atoms with Crippen LogP contribution in [-0.2, 0) is 0 Å². The summed E-state index contributed by atoms with van der Waals surface area (Å²) in [7, 11) is 0. The van der Waals surface area contributed by atoms with Gasteiger partial charge in [-0.1, -0.05) is 35.9 Å². The molecule has 0 bridgehead atoms. The molecule has 3 N–H and O–H groups in total. The van der Waals surface area contributed by atoms with Gasteiger partial charge in [0.1, 0.15) is 15.5 Å². The zero-order valence-corrected chi connectivity index (χ0v) is 21.7. The summed E-state index contributed by atoms with van der Waals surface area (Å²) >= 11 is 7.24. The number of piperidine rings is 1. The fourth-order valence-corrected chi connectivity index (χ4v) is 5.76. The number of carbonyl (C=O) groups is 1. The van der Waals surface area contributed by atoms with E-state index in [4.69, 9.17) is 26.8 Å². The van der Waals surface area contributed by atoms with Crippen molar-refractivity contribution in [2.75, 3.05) is 29.1 Å². The summed E-state index contributed by atoms with van der Waals surface area (Å²) < 4.78 is 19.5. The van der Waals surface area contributed by atoms with Crippen molar-refractivity contribution in [2.45, 2.75) is 19.3 Å². The van der Waals surface area contributed by atoms with Crippen molar-refractivity contribution in [1.29, 1.82) is 0 Å². The van der Waals surface area contributed by atoms with E-state index in [1.807, 2.05) is 18.2 Å². The Morgan fingerprint density at radius 2 is 1.89 bits per heavy atom. The molecule has 5 aromatic rings. The molecular formula is C27H23ClFN6O2S+. The smallest absolute Gasteiger partial charge is 0.306 e. The van der Waals surface area contributed by atoms with Crippen LogP contribution in [0.1, 0.15) is 28.9 Å². The third-order valence-corrected chi connectivity index (χ3v) is 7.85. The largest absolute Gasteiger partial charge is 0.397 e. The highest BCUT2D eigenvalue weighted by molar-refractivity contribution is 7.21. The second-order valence-corrected chi connectivity index (χ2v) is 10.5. The van der Waals surface area contributed by atoms with Crippen LogP contribution in [0.3, 0.4) is 0 Å². The number of anilines is 2. The van der Waals surface area contributed by atoms with Gasteiger partial charge in [-0.25, -0.2) is 9.37 Å². The summed E-state index contributed by atoms with van der Waals surface area (Å²) in [5, 5.41) is 10.0. The minimum atomic E-state index is -0.439. The molecule has 1 saturated heterocycles. The minimum Gasteiger partial charge on any atom is -0.397 e. The molecule has 8 nitrogen and oxygen atoms in total. The molecule has 1 aliphatic rings. The molecule has 0 spiro atoms. The maximum atomic E-state index is 14.2. The lowest BCUT2D eigenvalue weighted by atomic mass is 9.99. The number of halogens is 2. The monoisotopic (exact) mass is 549 g/mol. The van der Waals surface area contributed by atoms with Crippen molar-refractivity contribution in [3.63, 3.8) is 0 Å². The van der Waals surface area contributed by atoms with Gasteiger partial charge in [0.2, 0.25) is 5.27 Å². The van der Waals surface area contributed by atoms with E-state index in [0.29, 0.717) is 32.1 Å². The van der Waals surface area contributed by atoms with E-state index >= 15 is 0 Å². The zero-order valence-electron chi connectivity index (χ0n) is 20.2. The van der Waals surface area contributed by atoms with E-state index in [2.05, 4.69) is 15.6 Å². The van der Waals surface area contributed by atoms with E-state index in [9.17, 15) is 9.18 Å². The molecule has 0 aliphatic carbocycles. The van der Waals surface area contributed by atoms with Crippen molar-refractivity contribution >= 4 is 50.6 Å². The number of nitrogens with one attached hydrogen (secondary N) is 1. The van der Waals surface area contributed by atoms with E-state index in [-0.39, 0.29) is 22.3 Å². The average Bonchev–Trinajstić information content (AvgIpc) is 3.53. The quantitative estimate of drug-likeness (QED) is 0.275. The van der Waals surface area contributed by atoms with E-state index in [1.165, 1.54) is 18.6 Å². The Morgan fingerprint density at radius 1 is 1.11 bits per heavy atom. The van der Waals surface area contributed by atoms with Gasteiger partial charge in [-0.05, 0) is 60.7 Å². The number of fused-ring (bicyclic) bond motifs is 1. The fourth-order valence-electron chi connectivity index (χ4n) is 4.62. The highest BCUT2D eigenvalue weighted by Crippen LogP contribution is 2.41. The molecule has 1 aliphatic heterocycles. The Morgan fingerprint density at radius 3 is 2.66 bits per heavy atom. The lowest BCUT2D eigenvalue weighted by molar-refractivity contribution is -0.759. The molecule has 1 fully saturated rings. The molecule has 1 amide bonds. The maximum Gasteiger partial charge on any atom is 0.306 e. The standard InChI is InChI=1S/C27H22ClFN6O2S/c28-18-9-7-16(8-10-18)21-14-20(17-5-4-6-19(29)13-17)23-24(30)25(38-27(23)31-21)26(36)32-22-15-35(33-37-22)34-11-2-1-3-12-34/h4-10,13-15H,1-3,11-12H2,(H2-,30,32,33,36)/p+1. The van der Waals surface area contributed by atoms with Gasteiger partial charge in [0, 0.05) is 16.0 Å². The van der Waals surface area contributed by atoms with Crippen LogP contribution in [0.15, 0.2) is 65.3 Å². The predicted molar refractivity (Wildman–Crippen MR) is 146 cm³/mol. The number of nitrogens with two attached hydrogens (primary N) is 1. The Kier molecular flexibility index (Phi) is 6.42. The summed E-state index contributed by atoms with van der Waals surface area (Å²) in [4.78, 5) is 20.5. The van der Waals surface area contributed by atoms with Crippen molar-refractivity contribution < 1.29 is 18.5 Å². The average molecular weight is 550 g/mol. The number of hydrogen-bond donors (Lipinski definition) is 2. The van der Waals surface area contributed by atoms with Crippen LogP contribution in [0.2, 0.25) is 5.02 Å². The highest BCUT2D eigenvalue weighted by atomic mass is 35.5. The fraction of sp³-hybridized carbons (Fsp3) is 0.185. The Balaban J connectivity index is 1.40. The predicted octanol–water partition coefficient (Wildman–Crippen LogP) is 5.65. The van der Waals surface area contributed by atoms with E-state index < -0.39 is 5.91 Å². The number of aromatic nitrogens is 3. The van der Waals surface area contributed by atoms with Crippen LogP contribution in [0.4, 0.5) is 16.0 Å². The number of rotatable bonds is 5. The first-order valence-corrected chi connectivity index (χ1v) is 13.4. The van der Waals surface area contributed by atoms with Crippen LogP contribution in [0.5, 0.6) is 0 Å². The molecule has 6 rings (SSSR count). The molecule has 4 heterocycles. The summed E-state index contributed by atoms with van der Waals surface area (Å²) in [6, 6.07) is 15.4. The summed E-state index contributed by atoms with van der Waals surface area (Å²) in [5.74, 6) is -0.608. The summed E-state index contributed by atoms with van der Waals surface area (Å²) in [6.07, 6.45) is 4.99. The van der Waals surface area contributed by atoms with Crippen molar-refractivity contribution in [3.05, 3.63) is 76.5 Å². The Hall–Kier alpha value is -4.02. The number of carbonyl (C=O) groups excluding carboxylic acids is 1. The zero-order chi connectivity index (χ0) is 26.2. The Labute approximate surface area is 226 Å². The second kappa shape index (κ2) is 10.0. The molecule has 0 unspecified atom stereocenters. The molecule has 38 heavy (non-hydrogen) atoms. The molecule has 0 radical (unpaired) electrons. The maximum absolute atomic E-state index is 14.2. The molecule has 0 atom stereocenters. The molecular weight excluding hydrogens is 527 g/mol. The number of pyridine rings is 1. The van der Waals surface area contributed by atoms with Crippen LogP contribution in [0, 0.1) is 5.82 Å². The summed E-state index contributed by atoms with van der Waals surface area (Å²) in [6.45, 7) is 1.75. The van der Waals surface area contributed by atoms with Gasteiger partial charge < -0.3 is 5.73 Å². The number of amides is 1. The minimum absolute atomic E-state index is 0.206. The number of benzene rings is 2. The molecule has 192 valence electrons. The van der Waals surface area contributed by atoms with E-state index in [1.54, 1.807) is 35.3 Å². The summed E-state index contributed by atoms with van der Waals surface area (Å²) in [5.41, 5.74) is 9.59. The normalized spacial score (nSPS) is 13.7. The number of nitrogens with zero attached hydrogens (tertiary/aromatic N) is 4. The topological polar surface area (TPSA) is 101 Å². The van der Waals surface area contributed by atoms with Crippen molar-refractivity contribution in [3.8, 4) is 22.4 Å². The third-order valence-electron chi connectivity index (χ3n) is 6.50. The van der Waals surface area contributed by atoms with Gasteiger partial charge in [-0.15, -0.1) is 11.3 Å². The van der Waals surface area contributed by atoms with Gasteiger partial charge >= 0.3 is 5.88 Å². The number of nitrogen functional groups attached to an aromatic ring is 1.